The van der Waals surface area contributed by atoms with Gasteiger partial charge in [0.15, 0.2) is 0 Å². The van der Waals surface area contributed by atoms with E-state index >= 15 is 0 Å². The average molecular weight is 401 g/mol. The number of aryl methyl sites for hydroxylation is 1. The van der Waals surface area contributed by atoms with Crippen molar-refractivity contribution in [1.29, 1.82) is 0 Å². The molecule has 0 saturated carbocycles. The van der Waals surface area contributed by atoms with Gasteiger partial charge in [0.1, 0.15) is 11.6 Å². The van der Waals surface area contributed by atoms with Gasteiger partial charge in [0.2, 0.25) is 0 Å². The number of halogens is 3. The molecule has 0 unspecified atom stereocenters. The highest BCUT2D eigenvalue weighted by atomic mass is 127. The van der Waals surface area contributed by atoms with E-state index in [1.165, 1.54) is 12.1 Å². The molecule has 1 heterocycles. The standard InChI is InChI=1S/C15H11ClFIN2/c1-9-4-10(17)6-12(5-9)20-14-3-2-11(18)7-13(14)19-15(20)8-16/h2-7H,8H2,1H3. The first-order valence-electron chi connectivity index (χ1n) is 6.09. The molecular formula is C15H11ClFIN2. The zero-order valence-electron chi connectivity index (χ0n) is 10.7. The van der Waals surface area contributed by atoms with Gasteiger partial charge in [0, 0.05) is 3.57 Å². The van der Waals surface area contributed by atoms with E-state index in [4.69, 9.17) is 11.6 Å². The minimum atomic E-state index is -0.257. The van der Waals surface area contributed by atoms with Gasteiger partial charge in [-0.3, -0.25) is 4.57 Å². The zero-order chi connectivity index (χ0) is 14.3. The van der Waals surface area contributed by atoms with Crippen LogP contribution in [0.4, 0.5) is 4.39 Å². The monoisotopic (exact) mass is 400 g/mol. The van der Waals surface area contributed by atoms with E-state index in [0.29, 0.717) is 5.82 Å². The number of imidazole rings is 1. The van der Waals surface area contributed by atoms with Crippen LogP contribution in [0.15, 0.2) is 36.4 Å². The zero-order valence-corrected chi connectivity index (χ0v) is 13.6. The fourth-order valence-corrected chi connectivity index (χ4v) is 2.98. The van der Waals surface area contributed by atoms with Crippen LogP contribution < -0.4 is 0 Å². The molecular weight excluding hydrogens is 390 g/mol. The van der Waals surface area contributed by atoms with Crippen molar-refractivity contribution >= 4 is 45.2 Å². The van der Waals surface area contributed by atoms with E-state index < -0.39 is 0 Å². The van der Waals surface area contributed by atoms with Crippen LogP contribution in [0.25, 0.3) is 16.7 Å². The molecule has 1 aromatic heterocycles. The third kappa shape index (κ3) is 2.42. The lowest BCUT2D eigenvalue weighted by atomic mass is 10.2. The first kappa shape index (κ1) is 13.8. The van der Waals surface area contributed by atoms with Crippen molar-refractivity contribution in [2.75, 3.05) is 0 Å². The molecule has 20 heavy (non-hydrogen) atoms. The molecule has 0 atom stereocenters. The van der Waals surface area contributed by atoms with Crippen LogP contribution in [0, 0.1) is 16.3 Å². The van der Waals surface area contributed by atoms with Crippen LogP contribution in [-0.4, -0.2) is 9.55 Å². The number of fused-ring (bicyclic) bond motifs is 1. The maximum atomic E-state index is 13.7. The molecule has 0 saturated heterocycles. The maximum Gasteiger partial charge on any atom is 0.129 e. The van der Waals surface area contributed by atoms with Crippen LogP contribution in [0.5, 0.6) is 0 Å². The number of hydrogen-bond donors (Lipinski definition) is 0. The van der Waals surface area contributed by atoms with Crippen molar-refractivity contribution < 1.29 is 4.39 Å². The van der Waals surface area contributed by atoms with Crippen LogP contribution in [0.3, 0.4) is 0 Å². The maximum absolute atomic E-state index is 13.7. The lowest BCUT2D eigenvalue weighted by molar-refractivity contribution is 0.625. The number of rotatable bonds is 2. The molecule has 0 bridgehead atoms. The highest BCUT2D eigenvalue weighted by molar-refractivity contribution is 14.1. The Balaban J connectivity index is 2.33. The molecule has 0 N–H and O–H groups in total. The van der Waals surface area contributed by atoms with Gasteiger partial charge in [-0.15, -0.1) is 11.6 Å². The summed E-state index contributed by atoms with van der Waals surface area (Å²) in [5.74, 6) is 0.738. The number of aromatic nitrogens is 2. The summed E-state index contributed by atoms with van der Waals surface area (Å²) in [6.45, 7) is 1.87. The Morgan fingerprint density at radius 2 is 2.05 bits per heavy atom. The van der Waals surface area contributed by atoms with Gasteiger partial charge in [-0.2, -0.15) is 0 Å². The second kappa shape index (κ2) is 5.33. The molecule has 0 radical (unpaired) electrons. The summed E-state index contributed by atoms with van der Waals surface area (Å²) in [5, 5.41) is 0. The van der Waals surface area contributed by atoms with Gasteiger partial charge in [0.25, 0.3) is 0 Å². The minimum Gasteiger partial charge on any atom is -0.295 e. The smallest absolute Gasteiger partial charge is 0.129 e. The average Bonchev–Trinajstić information content (AvgIpc) is 2.74. The normalized spacial score (nSPS) is 11.2. The van der Waals surface area contributed by atoms with Crippen molar-refractivity contribution in [1.82, 2.24) is 9.55 Å². The Kier molecular flexibility index (Phi) is 3.69. The number of hydrogen-bond acceptors (Lipinski definition) is 1. The predicted molar refractivity (Wildman–Crippen MR) is 88.0 cm³/mol. The van der Waals surface area contributed by atoms with Crippen LogP contribution in [-0.2, 0) is 5.88 Å². The fourth-order valence-electron chi connectivity index (χ4n) is 2.33. The van der Waals surface area contributed by atoms with Crippen LogP contribution in [0.2, 0.25) is 0 Å². The molecule has 0 aliphatic heterocycles. The minimum absolute atomic E-state index is 0.257. The summed E-state index contributed by atoms with van der Waals surface area (Å²) in [6, 6.07) is 10.9. The van der Waals surface area contributed by atoms with E-state index in [-0.39, 0.29) is 11.7 Å². The predicted octanol–water partition coefficient (Wildman–Crippen LogP) is 4.82. The number of nitrogens with zero attached hydrogens (tertiary/aromatic N) is 2. The van der Waals surface area contributed by atoms with Gasteiger partial charge >= 0.3 is 0 Å². The summed E-state index contributed by atoms with van der Waals surface area (Å²) < 4.78 is 16.7. The van der Waals surface area contributed by atoms with E-state index in [1.807, 2.05) is 35.8 Å². The second-order valence-electron chi connectivity index (χ2n) is 4.62. The molecule has 0 fully saturated rings. The summed E-state index contributed by atoms with van der Waals surface area (Å²) in [7, 11) is 0. The molecule has 3 aromatic rings. The summed E-state index contributed by atoms with van der Waals surface area (Å²) in [5.41, 5.74) is 3.43. The van der Waals surface area contributed by atoms with Crippen molar-refractivity contribution in [3.8, 4) is 5.69 Å². The highest BCUT2D eigenvalue weighted by Gasteiger charge is 2.13. The Hall–Kier alpha value is -1.14. The largest absolute Gasteiger partial charge is 0.295 e. The molecule has 3 rings (SSSR count). The van der Waals surface area contributed by atoms with Gasteiger partial charge in [-0.05, 0) is 71.5 Å². The van der Waals surface area contributed by atoms with Crippen LogP contribution >= 0.6 is 34.2 Å². The molecule has 0 aliphatic rings. The molecule has 5 heteroatoms. The lowest BCUT2D eigenvalue weighted by Gasteiger charge is -2.09. The Morgan fingerprint density at radius 3 is 2.75 bits per heavy atom. The number of benzene rings is 2. The van der Waals surface area contributed by atoms with E-state index in [1.54, 1.807) is 0 Å². The van der Waals surface area contributed by atoms with Crippen molar-refractivity contribution in [3.63, 3.8) is 0 Å². The summed E-state index contributed by atoms with van der Waals surface area (Å²) in [6.07, 6.45) is 0. The molecule has 2 aromatic carbocycles. The van der Waals surface area contributed by atoms with Crippen molar-refractivity contribution in [2.45, 2.75) is 12.8 Å². The molecule has 0 spiro atoms. The topological polar surface area (TPSA) is 17.8 Å². The lowest BCUT2D eigenvalue weighted by Crippen LogP contribution is -2.00. The Morgan fingerprint density at radius 1 is 1.25 bits per heavy atom. The first-order valence-corrected chi connectivity index (χ1v) is 7.70. The summed E-state index contributed by atoms with van der Waals surface area (Å²) in [4.78, 5) is 4.53. The molecule has 0 amide bonds. The van der Waals surface area contributed by atoms with Crippen molar-refractivity contribution in [3.05, 3.63) is 57.2 Å². The molecule has 0 aliphatic carbocycles. The van der Waals surface area contributed by atoms with Gasteiger partial charge < -0.3 is 0 Å². The molecule has 2 nitrogen and oxygen atoms in total. The van der Waals surface area contributed by atoms with E-state index in [0.717, 1.165) is 25.9 Å². The SMILES string of the molecule is Cc1cc(F)cc(-n2c(CCl)nc3cc(I)ccc32)c1. The fraction of sp³-hybridized carbons (Fsp3) is 0.133. The van der Waals surface area contributed by atoms with Crippen molar-refractivity contribution in [2.24, 2.45) is 0 Å². The third-order valence-electron chi connectivity index (χ3n) is 3.09. The number of alkyl halides is 1. The van der Waals surface area contributed by atoms with Gasteiger partial charge in [-0.1, -0.05) is 0 Å². The first-order chi connectivity index (χ1) is 9.58. The Bertz CT molecular complexity index is 778. The third-order valence-corrected chi connectivity index (χ3v) is 4.00. The van der Waals surface area contributed by atoms with Crippen LogP contribution in [0.1, 0.15) is 11.4 Å². The summed E-state index contributed by atoms with van der Waals surface area (Å²) >= 11 is 8.24. The van der Waals surface area contributed by atoms with E-state index in [2.05, 4.69) is 27.6 Å². The van der Waals surface area contributed by atoms with E-state index in [9.17, 15) is 4.39 Å². The van der Waals surface area contributed by atoms with Gasteiger partial charge in [-0.25, -0.2) is 9.37 Å². The quantitative estimate of drug-likeness (QED) is 0.446. The molecule has 102 valence electrons. The second-order valence-corrected chi connectivity index (χ2v) is 6.13. The Labute approximate surface area is 134 Å². The highest BCUT2D eigenvalue weighted by Crippen LogP contribution is 2.25. The van der Waals surface area contributed by atoms with Gasteiger partial charge in [0.05, 0.1) is 22.6 Å².